The number of aliphatic hydroxyl groups is 1. The van der Waals surface area contributed by atoms with Crippen LogP contribution in [0.15, 0.2) is 36.7 Å². The maximum Gasteiger partial charge on any atom is 0.121 e. The summed E-state index contributed by atoms with van der Waals surface area (Å²) in [6, 6.07) is 8.03. The minimum absolute atomic E-state index is 0.476. The Labute approximate surface area is 133 Å². The number of H-pyrrole nitrogens is 1. The highest BCUT2D eigenvalue weighted by molar-refractivity contribution is 5.74. The zero-order valence-electron chi connectivity index (χ0n) is 12.9. The van der Waals surface area contributed by atoms with Gasteiger partial charge in [0.15, 0.2) is 0 Å². The molecule has 1 fully saturated rings. The van der Waals surface area contributed by atoms with E-state index in [-0.39, 0.29) is 0 Å². The molecule has 0 aliphatic carbocycles. The van der Waals surface area contributed by atoms with Crippen LogP contribution in [0, 0.1) is 0 Å². The van der Waals surface area contributed by atoms with Gasteiger partial charge in [0.25, 0.3) is 0 Å². The van der Waals surface area contributed by atoms with Gasteiger partial charge in [-0.15, -0.1) is 5.10 Å². The average Bonchev–Trinajstić information content (AvgIpc) is 3.15. The molecule has 1 aliphatic heterocycles. The number of piperidine rings is 1. The van der Waals surface area contributed by atoms with E-state index in [0.29, 0.717) is 19.6 Å². The lowest BCUT2D eigenvalue weighted by atomic mass is 9.93. The molecule has 2 aromatic heterocycles. The molecule has 1 atom stereocenters. The molecule has 4 rings (SSSR count). The number of likely N-dealkylation sites (tertiary alicyclic amines) is 1. The van der Waals surface area contributed by atoms with Gasteiger partial charge in [-0.1, -0.05) is 17.3 Å². The summed E-state index contributed by atoms with van der Waals surface area (Å²) < 4.78 is 1.70. The highest BCUT2D eigenvalue weighted by Gasteiger charge is 2.34. The largest absolute Gasteiger partial charge is 0.387 e. The molecular weight excluding hydrogens is 292 g/mol. The first-order valence-electron chi connectivity index (χ1n) is 7.93. The molecule has 1 unspecified atom stereocenters. The first kappa shape index (κ1) is 14.3. The fourth-order valence-electron chi connectivity index (χ4n) is 3.38. The van der Waals surface area contributed by atoms with Gasteiger partial charge in [0, 0.05) is 12.7 Å². The van der Waals surface area contributed by atoms with E-state index in [1.165, 1.54) is 0 Å². The molecule has 1 aromatic carbocycles. The molecule has 0 saturated carbocycles. The van der Waals surface area contributed by atoms with Gasteiger partial charge in [-0.3, -0.25) is 4.90 Å². The molecule has 1 aliphatic rings. The van der Waals surface area contributed by atoms with Crippen molar-refractivity contribution in [3.05, 3.63) is 42.5 Å². The molecule has 2 N–H and O–H groups in total. The smallest absolute Gasteiger partial charge is 0.121 e. The second-order valence-corrected chi connectivity index (χ2v) is 6.34. The normalized spacial score (nSPS) is 22.7. The fraction of sp³-hybridized carbons (Fsp3) is 0.438. The molecule has 0 amide bonds. The van der Waals surface area contributed by atoms with Gasteiger partial charge in [-0.25, -0.2) is 9.67 Å². The predicted molar refractivity (Wildman–Crippen MR) is 85.6 cm³/mol. The summed E-state index contributed by atoms with van der Waals surface area (Å²) in [6.45, 7) is 2.78. The summed E-state index contributed by atoms with van der Waals surface area (Å²) in [6.07, 6.45) is 5.17. The van der Waals surface area contributed by atoms with Crippen LogP contribution in [0.4, 0.5) is 0 Å². The maximum atomic E-state index is 10.9. The minimum Gasteiger partial charge on any atom is -0.387 e. The van der Waals surface area contributed by atoms with Gasteiger partial charge >= 0.3 is 0 Å². The van der Waals surface area contributed by atoms with Gasteiger partial charge in [0.2, 0.25) is 0 Å². The Morgan fingerprint density at radius 3 is 3.04 bits per heavy atom. The molecule has 3 heterocycles. The Kier molecular flexibility index (Phi) is 3.59. The van der Waals surface area contributed by atoms with Gasteiger partial charge in [0.1, 0.15) is 5.82 Å². The summed E-state index contributed by atoms with van der Waals surface area (Å²) in [7, 11) is 0. The van der Waals surface area contributed by atoms with Crippen molar-refractivity contribution in [2.24, 2.45) is 0 Å². The van der Waals surface area contributed by atoms with Crippen molar-refractivity contribution in [3.63, 3.8) is 0 Å². The Morgan fingerprint density at radius 2 is 2.22 bits per heavy atom. The molecule has 0 radical (unpaired) electrons. The van der Waals surface area contributed by atoms with Gasteiger partial charge in [0.05, 0.1) is 35.9 Å². The average molecular weight is 312 g/mol. The van der Waals surface area contributed by atoms with Crippen molar-refractivity contribution < 1.29 is 5.11 Å². The van der Waals surface area contributed by atoms with E-state index in [0.717, 1.165) is 36.2 Å². The molecule has 0 bridgehead atoms. The van der Waals surface area contributed by atoms with Crippen LogP contribution in [0.25, 0.3) is 11.0 Å². The van der Waals surface area contributed by atoms with E-state index in [9.17, 15) is 5.11 Å². The van der Waals surface area contributed by atoms with Crippen LogP contribution in [-0.2, 0) is 13.1 Å². The zero-order valence-corrected chi connectivity index (χ0v) is 12.9. The first-order valence-corrected chi connectivity index (χ1v) is 7.93. The second-order valence-electron chi connectivity index (χ2n) is 6.34. The second kappa shape index (κ2) is 5.75. The van der Waals surface area contributed by atoms with Crippen molar-refractivity contribution in [2.45, 2.75) is 31.5 Å². The van der Waals surface area contributed by atoms with E-state index in [1.807, 2.05) is 24.3 Å². The summed E-state index contributed by atoms with van der Waals surface area (Å²) in [4.78, 5) is 10.2. The molecule has 0 spiro atoms. The lowest BCUT2D eigenvalue weighted by Gasteiger charge is -2.38. The number of aromatic nitrogens is 5. The maximum absolute atomic E-state index is 10.9. The monoisotopic (exact) mass is 312 g/mol. The quantitative estimate of drug-likeness (QED) is 0.756. The SMILES string of the molecule is OC1(Cn2ccnn2)CCCN(Cc2nc3ccccc3[nH]2)C1. The Balaban J connectivity index is 1.46. The van der Waals surface area contributed by atoms with E-state index in [1.54, 1.807) is 17.1 Å². The molecular formula is C16H20N6O. The Bertz CT molecular complexity index is 750. The number of hydrogen-bond donors (Lipinski definition) is 2. The molecule has 120 valence electrons. The summed E-state index contributed by atoms with van der Waals surface area (Å²) in [5, 5.41) is 18.6. The number of nitrogens with one attached hydrogen (secondary N) is 1. The number of para-hydroxylation sites is 2. The van der Waals surface area contributed by atoms with Crippen LogP contribution in [0.1, 0.15) is 18.7 Å². The number of β-amino-alcohol motifs (C(OH)–C–C–N with tert-alkyl or cyclic N) is 1. The summed E-state index contributed by atoms with van der Waals surface area (Å²) in [5.74, 6) is 0.941. The Hall–Kier alpha value is -2.25. The van der Waals surface area contributed by atoms with Crippen LogP contribution in [0.2, 0.25) is 0 Å². The van der Waals surface area contributed by atoms with Gasteiger partial charge in [-0.05, 0) is 31.5 Å². The van der Waals surface area contributed by atoms with Crippen molar-refractivity contribution >= 4 is 11.0 Å². The zero-order chi connectivity index (χ0) is 15.7. The lowest BCUT2D eigenvalue weighted by Crippen LogP contribution is -2.50. The first-order chi connectivity index (χ1) is 11.2. The van der Waals surface area contributed by atoms with Crippen molar-refractivity contribution in [1.82, 2.24) is 29.9 Å². The molecule has 7 heteroatoms. The van der Waals surface area contributed by atoms with Crippen molar-refractivity contribution in [2.75, 3.05) is 13.1 Å². The van der Waals surface area contributed by atoms with Crippen molar-refractivity contribution in [3.8, 4) is 0 Å². The van der Waals surface area contributed by atoms with Crippen LogP contribution in [-0.4, -0.2) is 53.7 Å². The van der Waals surface area contributed by atoms with Gasteiger partial charge in [-0.2, -0.15) is 0 Å². The van der Waals surface area contributed by atoms with E-state index >= 15 is 0 Å². The number of imidazole rings is 1. The molecule has 1 saturated heterocycles. The van der Waals surface area contributed by atoms with E-state index in [2.05, 4.69) is 25.2 Å². The third-order valence-corrected chi connectivity index (χ3v) is 4.37. The van der Waals surface area contributed by atoms with Crippen molar-refractivity contribution in [1.29, 1.82) is 0 Å². The number of aromatic amines is 1. The van der Waals surface area contributed by atoms with Crippen LogP contribution in [0.3, 0.4) is 0 Å². The minimum atomic E-state index is -0.766. The topological polar surface area (TPSA) is 82.9 Å². The van der Waals surface area contributed by atoms with Crippen LogP contribution in [0.5, 0.6) is 0 Å². The third kappa shape index (κ3) is 3.11. The molecule has 3 aromatic rings. The fourth-order valence-corrected chi connectivity index (χ4v) is 3.38. The third-order valence-electron chi connectivity index (χ3n) is 4.37. The van der Waals surface area contributed by atoms with Gasteiger partial charge < -0.3 is 10.1 Å². The van der Waals surface area contributed by atoms with E-state index < -0.39 is 5.60 Å². The number of rotatable bonds is 4. The summed E-state index contributed by atoms with van der Waals surface area (Å²) in [5.41, 5.74) is 1.27. The standard InChI is InChI=1S/C16H20N6O/c23-16(12-22-9-7-17-20-22)6-3-8-21(11-16)10-15-18-13-4-1-2-5-14(13)19-15/h1-2,4-5,7,9,23H,3,6,8,10-12H2,(H,18,19). The Morgan fingerprint density at radius 1 is 1.30 bits per heavy atom. The van der Waals surface area contributed by atoms with Crippen LogP contribution < -0.4 is 0 Å². The number of benzene rings is 1. The highest BCUT2D eigenvalue weighted by atomic mass is 16.3. The molecule has 23 heavy (non-hydrogen) atoms. The predicted octanol–water partition coefficient (Wildman–Crippen LogP) is 1.18. The molecule has 7 nitrogen and oxygen atoms in total. The highest BCUT2D eigenvalue weighted by Crippen LogP contribution is 2.24. The number of nitrogens with zero attached hydrogens (tertiary/aromatic N) is 5. The summed E-state index contributed by atoms with van der Waals surface area (Å²) >= 11 is 0. The lowest BCUT2D eigenvalue weighted by molar-refractivity contribution is -0.0483. The number of hydrogen-bond acceptors (Lipinski definition) is 5. The van der Waals surface area contributed by atoms with E-state index in [4.69, 9.17) is 0 Å². The van der Waals surface area contributed by atoms with Crippen LogP contribution >= 0.6 is 0 Å². The number of fused-ring (bicyclic) bond motifs is 1.